The molecule has 4 aromatic rings. The van der Waals surface area contributed by atoms with E-state index in [9.17, 15) is 14.7 Å². The number of aliphatic hydroxyl groups excluding tert-OH is 1. The molecule has 0 saturated heterocycles. The number of carbonyl (C=O) groups excluding carboxylic acids is 2. The van der Waals surface area contributed by atoms with Crippen molar-refractivity contribution in [3.8, 4) is 0 Å². The van der Waals surface area contributed by atoms with Crippen LogP contribution in [0.5, 0.6) is 0 Å². The fraction of sp³-hybridized carbons (Fsp3) is 0.219. The molecule has 8 nitrogen and oxygen atoms in total. The van der Waals surface area contributed by atoms with E-state index < -0.39 is 24.3 Å². The fourth-order valence-corrected chi connectivity index (χ4v) is 4.40. The molecule has 0 aliphatic rings. The van der Waals surface area contributed by atoms with E-state index in [4.69, 9.17) is 10.5 Å². The van der Waals surface area contributed by atoms with Crippen LogP contribution in [0.15, 0.2) is 109 Å². The van der Waals surface area contributed by atoms with Crippen LogP contribution in [0.2, 0.25) is 0 Å². The lowest BCUT2D eigenvalue weighted by atomic mass is 9.94. The van der Waals surface area contributed by atoms with Crippen molar-refractivity contribution in [1.82, 2.24) is 10.3 Å². The minimum absolute atomic E-state index is 0.00130. The summed E-state index contributed by atoms with van der Waals surface area (Å²) in [4.78, 5) is 30.0. The summed E-state index contributed by atoms with van der Waals surface area (Å²) in [7, 11) is 0. The third-order valence-electron chi connectivity index (χ3n) is 6.48. The summed E-state index contributed by atoms with van der Waals surface area (Å²) in [6.45, 7) is 0.00130. The van der Waals surface area contributed by atoms with Gasteiger partial charge in [-0.05, 0) is 54.7 Å². The zero-order chi connectivity index (χ0) is 28.2. The zero-order valence-corrected chi connectivity index (χ0v) is 22.1. The van der Waals surface area contributed by atoms with Crippen molar-refractivity contribution in [2.75, 3.05) is 5.32 Å². The number of amides is 2. The van der Waals surface area contributed by atoms with Crippen LogP contribution < -0.4 is 16.4 Å². The molecular weight excluding hydrogens is 504 g/mol. The SMILES string of the molecule is N[C@@H](Cc1ccccc1)[C@@H](O)C[C@H](Cc1ccccc1)NC(=O)c1ccccc1NC(=O)OCc1ccccn1. The number of ether oxygens (including phenoxy) is 1. The number of anilines is 1. The summed E-state index contributed by atoms with van der Waals surface area (Å²) < 4.78 is 5.26. The number of carbonyl (C=O) groups is 2. The maximum Gasteiger partial charge on any atom is 0.412 e. The minimum atomic E-state index is -0.843. The maximum absolute atomic E-state index is 13.4. The van der Waals surface area contributed by atoms with Gasteiger partial charge in [0.1, 0.15) is 6.61 Å². The van der Waals surface area contributed by atoms with Crippen molar-refractivity contribution in [2.24, 2.45) is 5.73 Å². The first kappa shape index (κ1) is 28.5. The molecule has 3 atom stereocenters. The Kier molecular flexibility index (Phi) is 10.4. The van der Waals surface area contributed by atoms with Crippen molar-refractivity contribution < 1.29 is 19.4 Å². The largest absolute Gasteiger partial charge is 0.443 e. The molecule has 0 bridgehead atoms. The van der Waals surface area contributed by atoms with E-state index in [1.54, 1.807) is 48.7 Å². The van der Waals surface area contributed by atoms with Crippen LogP contribution in [0.4, 0.5) is 10.5 Å². The highest BCUT2D eigenvalue weighted by molar-refractivity contribution is 6.02. The van der Waals surface area contributed by atoms with Gasteiger partial charge in [-0.3, -0.25) is 15.1 Å². The number of benzene rings is 3. The maximum atomic E-state index is 13.4. The molecule has 2 amide bonds. The molecular formula is C32H34N4O4. The Bertz CT molecular complexity index is 1350. The molecule has 5 N–H and O–H groups in total. The minimum Gasteiger partial charge on any atom is -0.443 e. The van der Waals surface area contributed by atoms with Gasteiger partial charge in [0.2, 0.25) is 0 Å². The summed E-state index contributed by atoms with van der Waals surface area (Å²) in [5.41, 5.74) is 9.60. The molecule has 3 aromatic carbocycles. The Hall–Kier alpha value is -4.53. The number of para-hydroxylation sites is 1. The average Bonchev–Trinajstić information content (AvgIpc) is 2.98. The Morgan fingerprint density at radius 2 is 1.45 bits per heavy atom. The third kappa shape index (κ3) is 8.76. The van der Waals surface area contributed by atoms with E-state index in [1.165, 1.54) is 0 Å². The lowest BCUT2D eigenvalue weighted by molar-refractivity contribution is 0.0890. The summed E-state index contributed by atoms with van der Waals surface area (Å²) in [6, 6.07) is 30.6. The summed E-state index contributed by atoms with van der Waals surface area (Å²) >= 11 is 0. The van der Waals surface area contributed by atoms with Crippen molar-refractivity contribution in [3.63, 3.8) is 0 Å². The van der Waals surface area contributed by atoms with Crippen LogP contribution in [0.1, 0.15) is 33.6 Å². The monoisotopic (exact) mass is 538 g/mol. The Balaban J connectivity index is 1.43. The summed E-state index contributed by atoms with van der Waals surface area (Å²) in [5, 5.41) is 16.7. The first-order chi connectivity index (χ1) is 19.5. The molecule has 0 fully saturated rings. The first-order valence-electron chi connectivity index (χ1n) is 13.2. The molecule has 0 aliphatic heterocycles. The van der Waals surface area contributed by atoms with Crippen LogP contribution in [0, 0.1) is 0 Å². The molecule has 0 radical (unpaired) electrons. The highest BCUT2D eigenvalue weighted by Crippen LogP contribution is 2.18. The quantitative estimate of drug-likeness (QED) is 0.211. The Labute approximate surface area is 234 Å². The molecule has 0 aliphatic carbocycles. The molecule has 0 unspecified atom stereocenters. The van der Waals surface area contributed by atoms with E-state index in [2.05, 4.69) is 15.6 Å². The van der Waals surface area contributed by atoms with E-state index in [1.807, 2.05) is 60.7 Å². The number of aliphatic hydroxyl groups is 1. The second kappa shape index (κ2) is 14.6. The number of hydrogen-bond donors (Lipinski definition) is 4. The van der Waals surface area contributed by atoms with Gasteiger partial charge in [0.05, 0.1) is 23.0 Å². The Morgan fingerprint density at radius 1 is 0.825 bits per heavy atom. The van der Waals surface area contributed by atoms with Crippen LogP contribution >= 0.6 is 0 Å². The molecule has 0 saturated carbocycles. The van der Waals surface area contributed by atoms with Gasteiger partial charge in [-0.25, -0.2) is 4.79 Å². The van der Waals surface area contributed by atoms with Crippen molar-refractivity contribution >= 4 is 17.7 Å². The smallest absolute Gasteiger partial charge is 0.412 e. The highest BCUT2D eigenvalue weighted by Gasteiger charge is 2.24. The van der Waals surface area contributed by atoms with Crippen LogP contribution in [0.25, 0.3) is 0 Å². The molecule has 8 heteroatoms. The van der Waals surface area contributed by atoms with Gasteiger partial charge in [-0.2, -0.15) is 0 Å². The number of nitrogens with two attached hydrogens (primary N) is 1. The normalized spacial score (nSPS) is 13.1. The Morgan fingerprint density at radius 3 is 2.12 bits per heavy atom. The predicted octanol–water partition coefficient (Wildman–Crippen LogP) is 4.49. The summed E-state index contributed by atoms with van der Waals surface area (Å²) in [6.07, 6.45) is 1.35. The third-order valence-corrected chi connectivity index (χ3v) is 6.48. The van der Waals surface area contributed by atoms with Crippen molar-refractivity contribution in [1.29, 1.82) is 0 Å². The average molecular weight is 539 g/mol. The lowest BCUT2D eigenvalue weighted by Gasteiger charge is -2.26. The predicted molar refractivity (Wildman–Crippen MR) is 155 cm³/mol. The highest BCUT2D eigenvalue weighted by atomic mass is 16.5. The number of rotatable bonds is 12. The van der Waals surface area contributed by atoms with Crippen LogP contribution in [0.3, 0.4) is 0 Å². The number of pyridine rings is 1. The number of hydrogen-bond acceptors (Lipinski definition) is 6. The summed E-state index contributed by atoms with van der Waals surface area (Å²) in [5.74, 6) is -0.384. The molecule has 4 rings (SSSR count). The van der Waals surface area contributed by atoms with Gasteiger partial charge in [-0.15, -0.1) is 0 Å². The number of nitrogens with zero attached hydrogens (tertiary/aromatic N) is 1. The molecule has 206 valence electrons. The zero-order valence-electron chi connectivity index (χ0n) is 22.1. The van der Waals surface area contributed by atoms with E-state index >= 15 is 0 Å². The van der Waals surface area contributed by atoms with Crippen LogP contribution in [-0.2, 0) is 24.2 Å². The van der Waals surface area contributed by atoms with Crippen molar-refractivity contribution in [3.05, 3.63) is 132 Å². The van der Waals surface area contributed by atoms with E-state index in [-0.39, 0.29) is 24.5 Å². The first-order valence-corrected chi connectivity index (χ1v) is 13.2. The molecule has 1 heterocycles. The second-order valence-electron chi connectivity index (χ2n) is 9.58. The van der Waals surface area contributed by atoms with Gasteiger partial charge < -0.3 is 20.9 Å². The fourth-order valence-electron chi connectivity index (χ4n) is 4.40. The van der Waals surface area contributed by atoms with Gasteiger partial charge in [0.15, 0.2) is 0 Å². The molecule has 0 spiro atoms. The standard InChI is InChI=1S/C32H34N4O4/c33-28(20-24-13-5-2-6-14-24)30(37)21-26(19-23-11-3-1-4-12-23)35-31(38)27-16-7-8-17-29(27)36-32(39)40-22-25-15-9-10-18-34-25/h1-18,26,28,30,37H,19-22,33H2,(H,35,38)(H,36,39)/t26-,28-,30-/m0/s1. The van der Waals surface area contributed by atoms with Gasteiger partial charge in [-0.1, -0.05) is 78.9 Å². The van der Waals surface area contributed by atoms with Gasteiger partial charge in [0, 0.05) is 18.3 Å². The number of nitrogens with one attached hydrogen (secondary N) is 2. The number of aromatic nitrogens is 1. The molecule has 40 heavy (non-hydrogen) atoms. The van der Waals surface area contributed by atoms with Crippen LogP contribution in [-0.4, -0.2) is 40.3 Å². The lowest BCUT2D eigenvalue weighted by Crippen LogP contribution is -2.44. The van der Waals surface area contributed by atoms with Crippen molar-refractivity contribution in [2.45, 2.75) is 44.1 Å². The van der Waals surface area contributed by atoms with E-state index in [0.29, 0.717) is 24.2 Å². The van der Waals surface area contributed by atoms with E-state index in [0.717, 1.165) is 11.1 Å². The topological polar surface area (TPSA) is 127 Å². The van der Waals surface area contributed by atoms with Gasteiger partial charge >= 0.3 is 6.09 Å². The second-order valence-corrected chi connectivity index (χ2v) is 9.58. The van der Waals surface area contributed by atoms with Gasteiger partial charge in [0.25, 0.3) is 5.91 Å². The molecule has 1 aromatic heterocycles.